The van der Waals surface area contributed by atoms with Crippen LogP contribution in [0.5, 0.6) is 0 Å². The molecule has 1 spiro atoms. The van der Waals surface area contributed by atoms with Crippen molar-refractivity contribution in [2.45, 2.75) is 44.3 Å². The molecule has 102 valence electrons. The molecule has 1 unspecified atom stereocenters. The molecule has 1 N–H and O–H groups in total. The summed E-state index contributed by atoms with van der Waals surface area (Å²) >= 11 is 0. The van der Waals surface area contributed by atoms with E-state index in [2.05, 4.69) is 12.2 Å². The monoisotopic (exact) mass is 262 g/mol. The van der Waals surface area contributed by atoms with Gasteiger partial charge in [0.2, 0.25) is 5.91 Å². The van der Waals surface area contributed by atoms with Gasteiger partial charge in [0.1, 0.15) is 17.5 Å². The molecule has 1 atom stereocenters. The van der Waals surface area contributed by atoms with Gasteiger partial charge >= 0.3 is 0 Å². The molecule has 2 fully saturated rings. The lowest BCUT2D eigenvalue weighted by Crippen LogP contribution is -2.32. The van der Waals surface area contributed by atoms with Crippen LogP contribution >= 0.6 is 0 Å². The molecule has 3 rings (SSSR count). The molecule has 1 saturated carbocycles. The molecule has 1 aromatic carbocycles. The van der Waals surface area contributed by atoms with Crippen molar-refractivity contribution in [3.05, 3.63) is 35.6 Å². The van der Waals surface area contributed by atoms with Gasteiger partial charge in [0, 0.05) is 6.54 Å². The highest BCUT2D eigenvalue weighted by molar-refractivity contribution is 5.92. The van der Waals surface area contributed by atoms with Gasteiger partial charge in [-0.05, 0) is 37.0 Å². The SMILES string of the molecule is CCCCN1C(=O)C2(CC2)NC1c1ccc(F)cc1. The Morgan fingerprint density at radius 2 is 2.05 bits per heavy atom. The number of carbonyl (C=O) groups excluding carboxylic acids is 1. The number of carbonyl (C=O) groups is 1. The Labute approximate surface area is 112 Å². The minimum absolute atomic E-state index is 0.0952. The van der Waals surface area contributed by atoms with Crippen molar-refractivity contribution in [3.8, 4) is 0 Å². The molecular formula is C15H19FN2O. The first kappa shape index (κ1) is 12.6. The first-order chi connectivity index (χ1) is 9.16. The van der Waals surface area contributed by atoms with Gasteiger partial charge in [0.25, 0.3) is 0 Å². The summed E-state index contributed by atoms with van der Waals surface area (Å²) in [6, 6.07) is 6.44. The van der Waals surface area contributed by atoms with Crippen LogP contribution in [0, 0.1) is 5.82 Å². The zero-order valence-electron chi connectivity index (χ0n) is 11.2. The number of amides is 1. The predicted molar refractivity (Wildman–Crippen MR) is 70.9 cm³/mol. The Bertz CT molecular complexity index is 481. The summed E-state index contributed by atoms with van der Waals surface area (Å²) in [4.78, 5) is 14.4. The van der Waals surface area contributed by atoms with Gasteiger partial charge < -0.3 is 4.90 Å². The fraction of sp³-hybridized carbons (Fsp3) is 0.533. The molecule has 1 heterocycles. The van der Waals surface area contributed by atoms with E-state index in [1.165, 1.54) is 12.1 Å². The lowest BCUT2D eigenvalue weighted by Gasteiger charge is -2.24. The molecule has 3 nitrogen and oxygen atoms in total. The van der Waals surface area contributed by atoms with E-state index in [-0.39, 0.29) is 23.4 Å². The van der Waals surface area contributed by atoms with Crippen LogP contribution in [0.25, 0.3) is 0 Å². The van der Waals surface area contributed by atoms with Gasteiger partial charge in [-0.25, -0.2) is 4.39 Å². The molecular weight excluding hydrogens is 243 g/mol. The highest BCUT2D eigenvalue weighted by atomic mass is 19.1. The van der Waals surface area contributed by atoms with E-state index in [9.17, 15) is 9.18 Å². The maximum atomic E-state index is 13.0. The van der Waals surface area contributed by atoms with Crippen LogP contribution in [-0.2, 0) is 4.79 Å². The van der Waals surface area contributed by atoms with Crippen LogP contribution in [-0.4, -0.2) is 22.9 Å². The second kappa shape index (κ2) is 4.60. The highest BCUT2D eigenvalue weighted by Crippen LogP contribution is 2.45. The standard InChI is InChI=1S/C15H19FN2O/c1-2-3-10-18-13(11-4-6-12(16)7-5-11)17-15(8-9-15)14(18)19/h4-7,13,17H,2-3,8-10H2,1H3. The van der Waals surface area contributed by atoms with Crippen molar-refractivity contribution in [2.75, 3.05) is 6.54 Å². The van der Waals surface area contributed by atoms with Crippen LogP contribution in [0.15, 0.2) is 24.3 Å². The summed E-state index contributed by atoms with van der Waals surface area (Å²) in [6.07, 6.45) is 3.81. The quantitative estimate of drug-likeness (QED) is 0.904. The van der Waals surface area contributed by atoms with Gasteiger partial charge in [-0.2, -0.15) is 0 Å². The van der Waals surface area contributed by atoms with Crippen LogP contribution < -0.4 is 5.32 Å². The highest BCUT2D eigenvalue weighted by Gasteiger charge is 2.59. The van der Waals surface area contributed by atoms with Gasteiger partial charge in [-0.3, -0.25) is 10.1 Å². The number of rotatable bonds is 4. The van der Waals surface area contributed by atoms with Gasteiger partial charge in [-0.1, -0.05) is 25.5 Å². The van der Waals surface area contributed by atoms with Gasteiger partial charge in [-0.15, -0.1) is 0 Å². The maximum absolute atomic E-state index is 13.0. The Balaban J connectivity index is 1.85. The normalized spacial score (nSPS) is 24.2. The third kappa shape index (κ3) is 2.14. The van der Waals surface area contributed by atoms with Crippen molar-refractivity contribution in [2.24, 2.45) is 0 Å². The third-order valence-corrected chi connectivity index (χ3v) is 4.08. The molecule has 1 saturated heterocycles. The second-order valence-corrected chi connectivity index (χ2v) is 5.53. The molecule has 1 aliphatic heterocycles. The van der Waals surface area contributed by atoms with E-state index in [0.717, 1.165) is 37.8 Å². The number of halogens is 1. The average molecular weight is 262 g/mol. The second-order valence-electron chi connectivity index (χ2n) is 5.53. The molecule has 1 aliphatic carbocycles. The Kier molecular flexibility index (Phi) is 3.05. The summed E-state index contributed by atoms with van der Waals surface area (Å²) in [5.41, 5.74) is 0.655. The summed E-state index contributed by atoms with van der Waals surface area (Å²) in [6.45, 7) is 2.89. The number of hydrogen-bond acceptors (Lipinski definition) is 2. The van der Waals surface area contributed by atoms with E-state index in [0.29, 0.717) is 0 Å². The van der Waals surface area contributed by atoms with Gasteiger partial charge in [0.15, 0.2) is 0 Å². The Hall–Kier alpha value is -1.42. The minimum atomic E-state index is -0.313. The largest absolute Gasteiger partial charge is 0.321 e. The van der Waals surface area contributed by atoms with Crippen molar-refractivity contribution in [3.63, 3.8) is 0 Å². The topological polar surface area (TPSA) is 32.3 Å². The first-order valence-electron chi connectivity index (χ1n) is 7.00. The lowest BCUT2D eigenvalue weighted by atomic mass is 10.1. The minimum Gasteiger partial charge on any atom is -0.321 e. The summed E-state index contributed by atoms with van der Waals surface area (Å²) in [5, 5.41) is 3.44. The number of nitrogens with zero attached hydrogens (tertiary/aromatic N) is 1. The van der Waals surface area contributed by atoms with E-state index in [1.54, 1.807) is 12.1 Å². The van der Waals surface area contributed by atoms with E-state index < -0.39 is 0 Å². The summed E-state index contributed by atoms with van der Waals surface area (Å²) < 4.78 is 13.0. The van der Waals surface area contributed by atoms with E-state index >= 15 is 0 Å². The molecule has 1 aromatic rings. The van der Waals surface area contributed by atoms with Crippen molar-refractivity contribution >= 4 is 5.91 Å². The van der Waals surface area contributed by atoms with Crippen molar-refractivity contribution in [1.82, 2.24) is 10.2 Å². The average Bonchev–Trinajstić information content (AvgIpc) is 3.14. The van der Waals surface area contributed by atoms with Crippen LogP contribution in [0.1, 0.15) is 44.3 Å². The predicted octanol–water partition coefficient (Wildman–Crippen LogP) is 2.59. The van der Waals surface area contributed by atoms with Crippen LogP contribution in [0.4, 0.5) is 4.39 Å². The maximum Gasteiger partial charge on any atom is 0.244 e. The zero-order valence-corrected chi connectivity index (χ0v) is 11.2. The lowest BCUT2D eigenvalue weighted by molar-refractivity contribution is -0.130. The molecule has 0 aromatic heterocycles. The molecule has 1 amide bonds. The van der Waals surface area contributed by atoms with E-state index in [1.807, 2.05) is 4.90 Å². The third-order valence-electron chi connectivity index (χ3n) is 4.08. The zero-order chi connectivity index (χ0) is 13.5. The number of benzene rings is 1. The van der Waals surface area contributed by atoms with Crippen LogP contribution in [0.2, 0.25) is 0 Å². The number of hydrogen-bond donors (Lipinski definition) is 1. The number of unbranched alkanes of at least 4 members (excludes halogenated alkanes) is 1. The fourth-order valence-electron chi connectivity index (χ4n) is 2.74. The summed E-state index contributed by atoms with van der Waals surface area (Å²) in [5.74, 6) is -0.0235. The van der Waals surface area contributed by atoms with Crippen LogP contribution in [0.3, 0.4) is 0 Å². The van der Waals surface area contributed by atoms with Crippen molar-refractivity contribution < 1.29 is 9.18 Å². The smallest absolute Gasteiger partial charge is 0.244 e. The van der Waals surface area contributed by atoms with E-state index in [4.69, 9.17) is 0 Å². The number of nitrogens with one attached hydrogen (secondary N) is 1. The summed E-state index contributed by atoms with van der Waals surface area (Å²) in [7, 11) is 0. The molecule has 2 aliphatic rings. The Morgan fingerprint density at radius 3 is 2.63 bits per heavy atom. The van der Waals surface area contributed by atoms with Crippen molar-refractivity contribution in [1.29, 1.82) is 0 Å². The molecule has 0 bridgehead atoms. The molecule has 0 radical (unpaired) electrons. The fourth-order valence-corrected chi connectivity index (χ4v) is 2.74. The first-order valence-corrected chi connectivity index (χ1v) is 7.00. The molecule has 4 heteroatoms. The molecule has 19 heavy (non-hydrogen) atoms. The van der Waals surface area contributed by atoms with Gasteiger partial charge in [0.05, 0.1) is 0 Å². The Morgan fingerprint density at radius 1 is 1.37 bits per heavy atom.